The van der Waals surface area contributed by atoms with E-state index in [1.165, 1.54) is 11.3 Å². The van der Waals surface area contributed by atoms with E-state index < -0.39 is 0 Å². The number of thiocarbonyl (C=S) groups is 1. The van der Waals surface area contributed by atoms with Crippen LogP contribution in [0.15, 0.2) is 47.1 Å². The van der Waals surface area contributed by atoms with Crippen molar-refractivity contribution in [2.45, 2.75) is 25.9 Å². The molecule has 3 nitrogen and oxygen atoms in total. The molecule has 1 N–H and O–H groups in total. The highest BCUT2D eigenvalue weighted by Gasteiger charge is 2.28. The van der Waals surface area contributed by atoms with Crippen LogP contribution in [0.4, 0.5) is 5.69 Å². The van der Waals surface area contributed by atoms with Crippen molar-refractivity contribution in [3.8, 4) is 0 Å². The minimum absolute atomic E-state index is 0.397. The first kappa shape index (κ1) is 12.2. The molecule has 4 heteroatoms. The van der Waals surface area contributed by atoms with Crippen LogP contribution in [-0.2, 0) is 13.0 Å². The number of nitrogens with zero attached hydrogens (tertiary/aromatic N) is 1. The molecule has 0 unspecified atom stereocenters. The number of rotatable bonds is 2. The zero-order valence-corrected chi connectivity index (χ0v) is 11.6. The summed E-state index contributed by atoms with van der Waals surface area (Å²) in [5.74, 6) is 0.891. The zero-order valence-electron chi connectivity index (χ0n) is 10.8. The van der Waals surface area contributed by atoms with E-state index in [4.69, 9.17) is 16.6 Å². The number of hydrogen-bond acceptors (Lipinski definition) is 2. The molecule has 19 heavy (non-hydrogen) atoms. The van der Waals surface area contributed by atoms with Gasteiger partial charge >= 0.3 is 0 Å². The fourth-order valence-corrected chi connectivity index (χ4v) is 2.89. The molecule has 2 aromatic rings. The molecule has 98 valence electrons. The average Bonchev–Trinajstić information content (AvgIpc) is 3.02. The number of para-hydroxylation sites is 1. The van der Waals surface area contributed by atoms with Gasteiger partial charge in [-0.2, -0.15) is 0 Å². The molecule has 1 aromatic heterocycles. The Kier molecular flexibility index (Phi) is 3.25. The molecule has 0 fully saturated rings. The Morgan fingerprint density at radius 3 is 3.00 bits per heavy atom. The summed E-state index contributed by atoms with van der Waals surface area (Å²) < 4.78 is 5.30. The largest absolute Gasteiger partial charge is 0.467 e. The van der Waals surface area contributed by atoms with Gasteiger partial charge in [-0.05, 0) is 49.3 Å². The lowest BCUT2D eigenvalue weighted by molar-refractivity contribution is 0.502. The molecule has 0 saturated heterocycles. The smallest absolute Gasteiger partial charge is 0.174 e. The van der Waals surface area contributed by atoms with E-state index in [0.717, 1.165) is 17.3 Å². The summed E-state index contributed by atoms with van der Waals surface area (Å²) in [5, 5.41) is 4.02. The Labute approximate surface area is 118 Å². The first-order chi connectivity index (χ1) is 9.25. The maximum absolute atomic E-state index is 5.51. The number of anilines is 1. The van der Waals surface area contributed by atoms with Crippen LogP contribution < -0.4 is 10.2 Å². The van der Waals surface area contributed by atoms with Crippen LogP contribution in [0.3, 0.4) is 0 Å². The fraction of sp³-hybridized carbons (Fsp3) is 0.267. The third-order valence-electron chi connectivity index (χ3n) is 3.42. The van der Waals surface area contributed by atoms with Crippen LogP contribution in [0.5, 0.6) is 0 Å². The van der Waals surface area contributed by atoms with Crippen molar-refractivity contribution < 1.29 is 4.42 Å². The summed E-state index contributed by atoms with van der Waals surface area (Å²) in [6.45, 7) is 2.82. The molecule has 3 rings (SSSR count). The predicted molar refractivity (Wildman–Crippen MR) is 80.2 cm³/mol. The molecule has 0 radical (unpaired) electrons. The van der Waals surface area contributed by atoms with E-state index in [1.807, 2.05) is 12.1 Å². The molecular formula is C15H16N2OS. The van der Waals surface area contributed by atoms with Crippen molar-refractivity contribution >= 4 is 23.0 Å². The first-order valence-electron chi connectivity index (χ1n) is 6.43. The van der Waals surface area contributed by atoms with Crippen molar-refractivity contribution in [3.63, 3.8) is 0 Å². The van der Waals surface area contributed by atoms with Crippen molar-refractivity contribution in [1.29, 1.82) is 0 Å². The third-order valence-corrected chi connectivity index (χ3v) is 3.76. The van der Waals surface area contributed by atoms with E-state index in [-0.39, 0.29) is 0 Å². The topological polar surface area (TPSA) is 28.4 Å². The van der Waals surface area contributed by atoms with Gasteiger partial charge in [0.1, 0.15) is 5.76 Å². The van der Waals surface area contributed by atoms with Crippen molar-refractivity contribution in [2.75, 3.05) is 4.90 Å². The van der Waals surface area contributed by atoms with Crippen LogP contribution in [0.2, 0.25) is 0 Å². The van der Waals surface area contributed by atoms with Crippen molar-refractivity contribution in [3.05, 3.63) is 54.0 Å². The second-order valence-electron chi connectivity index (χ2n) is 4.79. The summed E-state index contributed by atoms with van der Waals surface area (Å²) in [5.41, 5.74) is 2.57. The molecule has 0 spiro atoms. The zero-order chi connectivity index (χ0) is 13.2. The van der Waals surface area contributed by atoms with Gasteiger partial charge in [0, 0.05) is 11.7 Å². The molecule has 0 bridgehead atoms. The maximum atomic E-state index is 5.51. The molecular weight excluding hydrogens is 256 g/mol. The van der Waals surface area contributed by atoms with Crippen LogP contribution in [0.25, 0.3) is 0 Å². The number of benzene rings is 1. The van der Waals surface area contributed by atoms with Gasteiger partial charge in [0.15, 0.2) is 5.11 Å². The summed E-state index contributed by atoms with van der Waals surface area (Å²) in [4.78, 5) is 2.19. The monoisotopic (exact) mass is 272 g/mol. The highest BCUT2D eigenvalue weighted by atomic mass is 32.1. The third kappa shape index (κ3) is 2.36. The van der Waals surface area contributed by atoms with Crippen LogP contribution >= 0.6 is 12.2 Å². The Morgan fingerprint density at radius 2 is 2.21 bits per heavy atom. The molecule has 0 aliphatic carbocycles. The Balaban J connectivity index is 1.73. The lowest BCUT2D eigenvalue weighted by Gasteiger charge is -2.25. The van der Waals surface area contributed by atoms with E-state index >= 15 is 0 Å². The van der Waals surface area contributed by atoms with Crippen molar-refractivity contribution in [2.24, 2.45) is 0 Å². The second kappa shape index (κ2) is 5.05. The summed E-state index contributed by atoms with van der Waals surface area (Å²) in [7, 11) is 0. The highest BCUT2D eigenvalue weighted by molar-refractivity contribution is 7.80. The standard InChI is InChI=1S/C15H16N2OS/c1-11-9-12-5-2-3-7-14(12)17(11)15(19)16-10-13-6-4-8-18-13/h2-8,11H,9-10H2,1H3,(H,16,19)/t11-/m0/s1. The van der Waals surface area contributed by atoms with Gasteiger partial charge in [0.05, 0.1) is 12.8 Å². The van der Waals surface area contributed by atoms with E-state index in [0.29, 0.717) is 12.6 Å². The maximum Gasteiger partial charge on any atom is 0.174 e. The number of fused-ring (bicyclic) bond motifs is 1. The van der Waals surface area contributed by atoms with E-state index in [2.05, 4.69) is 41.4 Å². The van der Waals surface area contributed by atoms with Gasteiger partial charge in [-0.1, -0.05) is 18.2 Å². The van der Waals surface area contributed by atoms with Gasteiger partial charge in [-0.15, -0.1) is 0 Å². The minimum atomic E-state index is 0.397. The number of nitrogens with one attached hydrogen (secondary N) is 1. The van der Waals surface area contributed by atoms with Gasteiger partial charge in [-0.25, -0.2) is 0 Å². The Hall–Kier alpha value is -1.81. The van der Waals surface area contributed by atoms with E-state index in [9.17, 15) is 0 Å². The van der Waals surface area contributed by atoms with Gasteiger partial charge in [-0.3, -0.25) is 0 Å². The first-order valence-corrected chi connectivity index (χ1v) is 6.84. The number of furan rings is 1. The quantitative estimate of drug-likeness (QED) is 0.850. The number of hydrogen-bond donors (Lipinski definition) is 1. The molecule has 1 atom stereocenters. The lowest BCUT2D eigenvalue weighted by atomic mass is 10.1. The molecule has 0 amide bonds. The van der Waals surface area contributed by atoms with Crippen LogP contribution in [0.1, 0.15) is 18.2 Å². The summed E-state index contributed by atoms with van der Waals surface area (Å²) >= 11 is 5.51. The Bertz CT molecular complexity index is 580. The molecule has 1 aromatic carbocycles. The molecule has 1 aliphatic heterocycles. The van der Waals surface area contributed by atoms with E-state index in [1.54, 1.807) is 6.26 Å². The molecule has 1 aliphatic rings. The molecule has 2 heterocycles. The second-order valence-corrected chi connectivity index (χ2v) is 5.18. The average molecular weight is 272 g/mol. The van der Waals surface area contributed by atoms with Gasteiger partial charge < -0.3 is 14.6 Å². The Morgan fingerprint density at radius 1 is 1.37 bits per heavy atom. The fourth-order valence-electron chi connectivity index (χ4n) is 2.54. The molecule has 0 saturated carbocycles. The predicted octanol–water partition coefficient (Wildman–Crippen LogP) is 3.11. The van der Waals surface area contributed by atoms with Gasteiger partial charge in [0.25, 0.3) is 0 Å². The summed E-state index contributed by atoms with van der Waals surface area (Å²) in [6, 6.07) is 12.6. The SMILES string of the molecule is C[C@H]1Cc2ccccc2N1C(=S)NCc1ccco1. The van der Waals surface area contributed by atoms with Crippen LogP contribution in [0, 0.1) is 0 Å². The highest BCUT2D eigenvalue weighted by Crippen LogP contribution is 2.31. The lowest BCUT2D eigenvalue weighted by Crippen LogP contribution is -2.42. The minimum Gasteiger partial charge on any atom is -0.467 e. The normalized spacial score (nSPS) is 17.3. The van der Waals surface area contributed by atoms with Crippen LogP contribution in [-0.4, -0.2) is 11.2 Å². The summed E-state index contributed by atoms with van der Waals surface area (Å²) in [6.07, 6.45) is 2.71. The van der Waals surface area contributed by atoms with Crippen molar-refractivity contribution in [1.82, 2.24) is 5.32 Å². The van der Waals surface area contributed by atoms with Gasteiger partial charge in [0.2, 0.25) is 0 Å².